The number of aromatic amines is 1. The number of H-pyrrole nitrogens is 1. The van der Waals surface area contributed by atoms with E-state index in [-0.39, 0.29) is 11.4 Å². The van der Waals surface area contributed by atoms with E-state index in [1.165, 1.54) is 11.0 Å². The van der Waals surface area contributed by atoms with Crippen molar-refractivity contribution in [1.82, 2.24) is 10.2 Å². The van der Waals surface area contributed by atoms with Crippen molar-refractivity contribution >= 4 is 38.3 Å². The number of esters is 1. The van der Waals surface area contributed by atoms with Crippen LogP contribution in [0.25, 0.3) is 10.9 Å². The number of para-hydroxylation sites is 2. The summed E-state index contributed by atoms with van der Waals surface area (Å²) in [6.45, 7) is -0.542. The quantitative estimate of drug-likeness (QED) is 0.644. The van der Waals surface area contributed by atoms with Crippen molar-refractivity contribution in [2.45, 2.75) is 6.04 Å². The van der Waals surface area contributed by atoms with Crippen molar-refractivity contribution in [3.63, 3.8) is 0 Å². The molecule has 0 radical (unpaired) electrons. The van der Waals surface area contributed by atoms with Crippen molar-refractivity contribution in [3.8, 4) is 0 Å². The highest BCUT2D eigenvalue weighted by Crippen LogP contribution is 2.23. The van der Waals surface area contributed by atoms with Gasteiger partial charge in [0.05, 0.1) is 17.3 Å². The fraction of sp³-hybridized carbons (Fsp3) is 0.150. The van der Waals surface area contributed by atoms with Gasteiger partial charge in [0.25, 0.3) is 5.91 Å². The van der Waals surface area contributed by atoms with Crippen LogP contribution in [0.15, 0.2) is 66.1 Å². The number of sulfone groups is 1. The minimum absolute atomic E-state index is 0.0861. The summed E-state index contributed by atoms with van der Waals surface area (Å²) in [7, 11) is -3.37. The van der Waals surface area contributed by atoms with Gasteiger partial charge in [0, 0.05) is 16.5 Å². The number of hydrogen-bond donors (Lipinski definition) is 1. The predicted molar refractivity (Wildman–Crippen MR) is 107 cm³/mol. The first kappa shape index (κ1) is 18.9. The summed E-state index contributed by atoms with van der Waals surface area (Å²) < 4.78 is 28.8. The van der Waals surface area contributed by atoms with Gasteiger partial charge in [-0.3, -0.25) is 9.89 Å². The molecule has 1 amide bonds. The van der Waals surface area contributed by atoms with Crippen LogP contribution in [0.5, 0.6) is 0 Å². The maximum absolute atomic E-state index is 12.9. The zero-order chi connectivity index (χ0) is 20.4. The van der Waals surface area contributed by atoms with E-state index in [1.54, 1.807) is 54.6 Å². The summed E-state index contributed by atoms with van der Waals surface area (Å²) in [4.78, 5) is 26.6. The number of nitrogens with zero attached hydrogens (tertiary/aromatic N) is 2. The van der Waals surface area contributed by atoms with Gasteiger partial charge in [-0.25, -0.2) is 13.2 Å². The molecule has 1 atom stereocenters. The largest absolute Gasteiger partial charge is 0.451 e. The molecule has 0 saturated carbocycles. The number of hydrogen-bond acceptors (Lipinski definition) is 6. The van der Waals surface area contributed by atoms with Crippen LogP contribution < -0.4 is 4.90 Å². The highest BCUT2D eigenvalue weighted by molar-refractivity contribution is 7.94. The van der Waals surface area contributed by atoms with Gasteiger partial charge in [-0.15, -0.1) is 0 Å². The standard InChI is InChI=1S/C20H17N3O5S/c24-18(12-28-20(25)19-16-8-4-5-9-17(16)21-22-19)23(14-6-2-1-3-7-14)15-10-11-29(26,27)13-15/h1-11,15H,12-13H2,(H,21,22)/t15-/m1/s1. The number of aromatic nitrogens is 2. The molecule has 9 heteroatoms. The van der Waals surface area contributed by atoms with Crippen molar-refractivity contribution in [3.05, 3.63) is 71.8 Å². The van der Waals surface area contributed by atoms with E-state index < -0.39 is 34.4 Å². The van der Waals surface area contributed by atoms with Crippen LogP contribution in [0.2, 0.25) is 0 Å². The Morgan fingerprint density at radius 3 is 2.55 bits per heavy atom. The zero-order valence-electron chi connectivity index (χ0n) is 15.2. The topological polar surface area (TPSA) is 109 Å². The molecule has 0 saturated heterocycles. The van der Waals surface area contributed by atoms with Crippen LogP contribution >= 0.6 is 0 Å². The van der Waals surface area contributed by atoms with Crippen molar-refractivity contribution in [1.29, 1.82) is 0 Å². The third-order valence-corrected chi connectivity index (χ3v) is 5.91. The number of carbonyl (C=O) groups excluding carboxylic acids is 2. The number of anilines is 1. The summed E-state index contributed by atoms with van der Waals surface area (Å²) in [6.07, 6.45) is 1.46. The van der Waals surface area contributed by atoms with Crippen molar-refractivity contribution in [2.24, 2.45) is 0 Å². The van der Waals surface area contributed by atoms with Crippen LogP contribution in [0, 0.1) is 0 Å². The highest BCUT2D eigenvalue weighted by atomic mass is 32.2. The van der Waals surface area contributed by atoms with Crippen LogP contribution in [-0.4, -0.2) is 48.9 Å². The second-order valence-corrected chi connectivity index (χ2v) is 8.45. The Hall–Kier alpha value is -3.46. The van der Waals surface area contributed by atoms with Crippen LogP contribution in [-0.2, 0) is 19.4 Å². The molecule has 0 bridgehead atoms. The number of nitrogens with one attached hydrogen (secondary N) is 1. The minimum Gasteiger partial charge on any atom is -0.451 e. The van der Waals surface area contributed by atoms with Gasteiger partial charge >= 0.3 is 5.97 Å². The zero-order valence-corrected chi connectivity index (χ0v) is 16.0. The van der Waals surface area contributed by atoms with E-state index >= 15 is 0 Å². The van der Waals surface area contributed by atoms with Gasteiger partial charge in [-0.2, -0.15) is 5.10 Å². The van der Waals surface area contributed by atoms with E-state index in [1.807, 2.05) is 0 Å². The molecular formula is C20H17N3O5S. The molecular weight excluding hydrogens is 394 g/mol. The number of amides is 1. The first-order valence-corrected chi connectivity index (χ1v) is 10.5. The molecule has 2 aromatic carbocycles. The maximum Gasteiger partial charge on any atom is 0.359 e. The highest BCUT2D eigenvalue weighted by Gasteiger charge is 2.32. The molecule has 1 aromatic heterocycles. The van der Waals surface area contributed by atoms with E-state index in [0.717, 1.165) is 5.41 Å². The first-order valence-electron chi connectivity index (χ1n) is 8.83. The molecule has 29 heavy (non-hydrogen) atoms. The van der Waals surface area contributed by atoms with Gasteiger partial charge < -0.3 is 9.64 Å². The molecule has 1 aliphatic heterocycles. The minimum atomic E-state index is -3.37. The molecule has 4 rings (SSSR count). The second-order valence-electron chi connectivity index (χ2n) is 6.52. The first-order chi connectivity index (χ1) is 13.9. The van der Waals surface area contributed by atoms with Crippen molar-refractivity contribution in [2.75, 3.05) is 17.3 Å². The van der Waals surface area contributed by atoms with Gasteiger partial charge in [-0.05, 0) is 24.3 Å². The SMILES string of the molecule is O=C(OCC(=O)N(c1ccccc1)[C@@H]1C=CS(=O)(=O)C1)c1n[nH]c2ccccc12. The van der Waals surface area contributed by atoms with E-state index in [2.05, 4.69) is 10.2 Å². The number of carbonyl (C=O) groups is 2. The molecule has 8 nitrogen and oxygen atoms in total. The molecule has 0 unspecified atom stereocenters. The van der Waals surface area contributed by atoms with Gasteiger partial charge in [-0.1, -0.05) is 36.4 Å². The van der Waals surface area contributed by atoms with E-state index in [9.17, 15) is 18.0 Å². The molecule has 2 heterocycles. The summed E-state index contributed by atoms with van der Waals surface area (Å²) in [5.74, 6) is -1.49. The Morgan fingerprint density at radius 2 is 1.83 bits per heavy atom. The van der Waals surface area contributed by atoms with E-state index in [0.29, 0.717) is 16.6 Å². The average Bonchev–Trinajstić information content (AvgIpc) is 3.30. The normalized spacial score (nSPS) is 17.3. The fourth-order valence-electron chi connectivity index (χ4n) is 3.21. The smallest absolute Gasteiger partial charge is 0.359 e. The summed E-state index contributed by atoms with van der Waals surface area (Å²) in [6, 6.07) is 15.1. The summed E-state index contributed by atoms with van der Waals surface area (Å²) >= 11 is 0. The summed E-state index contributed by atoms with van der Waals surface area (Å²) in [5.41, 5.74) is 1.28. The Labute approximate surface area is 166 Å². The Kier molecular flexibility index (Phi) is 4.89. The monoisotopic (exact) mass is 411 g/mol. The number of fused-ring (bicyclic) bond motifs is 1. The molecule has 148 valence electrons. The predicted octanol–water partition coefficient (Wildman–Crippen LogP) is 2.06. The molecule has 1 N–H and O–H groups in total. The molecule has 1 aliphatic rings. The lowest BCUT2D eigenvalue weighted by molar-refractivity contribution is -0.121. The lowest BCUT2D eigenvalue weighted by Crippen LogP contribution is -2.43. The number of benzene rings is 2. The number of ether oxygens (including phenoxy) is 1. The molecule has 3 aromatic rings. The maximum atomic E-state index is 12.9. The number of rotatable bonds is 5. The van der Waals surface area contributed by atoms with Crippen molar-refractivity contribution < 1.29 is 22.7 Å². The Balaban J connectivity index is 1.52. The van der Waals surface area contributed by atoms with Gasteiger partial charge in [0.15, 0.2) is 22.1 Å². The third-order valence-electron chi connectivity index (χ3n) is 4.54. The van der Waals surface area contributed by atoms with Gasteiger partial charge in [0.1, 0.15) is 0 Å². The van der Waals surface area contributed by atoms with Gasteiger partial charge in [0.2, 0.25) is 0 Å². The lowest BCUT2D eigenvalue weighted by Gasteiger charge is -2.27. The van der Waals surface area contributed by atoms with Crippen LogP contribution in [0.1, 0.15) is 10.5 Å². The summed E-state index contributed by atoms with van der Waals surface area (Å²) in [5, 5.41) is 8.39. The molecule has 0 spiro atoms. The molecule has 0 aliphatic carbocycles. The van der Waals surface area contributed by atoms with Crippen LogP contribution in [0.4, 0.5) is 5.69 Å². The second kappa shape index (κ2) is 7.51. The lowest BCUT2D eigenvalue weighted by atomic mass is 10.2. The third kappa shape index (κ3) is 3.90. The average molecular weight is 411 g/mol. The Morgan fingerprint density at radius 1 is 1.10 bits per heavy atom. The fourth-order valence-corrected chi connectivity index (χ4v) is 4.48. The molecule has 0 fully saturated rings. The van der Waals surface area contributed by atoms with E-state index in [4.69, 9.17) is 4.74 Å². The van der Waals surface area contributed by atoms with Crippen LogP contribution in [0.3, 0.4) is 0 Å². The Bertz CT molecular complexity index is 1200.